The molecule has 26 heavy (non-hydrogen) atoms. The summed E-state index contributed by atoms with van der Waals surface area (Å²) in [7, 11) is -3.04. The van der Waals surface area contributed by atoms with E-state index in [9.17, 15) is 13.2 Å². The molecule has 1 saturated heterocycles. The summed E-state index contributed by atoms with van der Waals surface area (Å²) in [6.45, 7) is 1.81. The Bertz CT molecular complexity index is 1100. The molecule has 8 heteroatoms. The van der Waals surface area contributed by atoms with E-state index in [1.54, 1.807) is 16.8 Å². The zero-order valence-electron chi connectivity index (χ0n) is 14.2. The Balaban J connectivity index is 1.61. The first kappa shape index (κ1) is 16.7. The van der Waals surface area contributed by atoms with Crippen molar-refractivity contribution >= 4 is 32.5 Å². The maximum atomic E-state index is 12.6. The molecule has 1 fully saturated rings. The number of nitrogens with one attached hydrogen (secondary N) is 1. The molecular formula is C18H18N4O3S. The maximum absolute atomic E-state index is 12.6. The van der Waals surface area contributed by atoms with Gasteiger partial charge in [-0.3, -0.25) is 4.79 Å². The lowest BCUT2D eigenvalue weighted by molar-refractivity contribution is 0.102. The Kier molecular flexibility index (Phi) is 3.99. The number of anilines is 1. The first-order valence-corrected chi connectivity index (χ1v) is 10.2. The van der Waals surface area contributed by atoms with Crippen LogP contribution in [0.5, 0.6) is 0 Å². The monoisotopic (exact) mass is 370 g/mol. The van der Waals surface area contributed by atoms with Crippen LogP contribution in [-0.4, -0.2) is 40.6 Å². The number of para-hydroxylation sites is 1. The molecule has 2 aromatic heterocycles. The third-order valence-electron chi connectivity index (χ3n) is 4.48. The number of pyridine rings is 1. The SMILES string of the molecule is Cc1cc(NC(=O)c2ccc3ccccc3n2)n(C2CCS(=O)(=O)C2)n1. The van der Waals surface area contributed by atoms with Gasteiger partial charge in [0, 0.05) is 11.5 Å². The summed E-state index contributed by atoms with van der Waals surface area (Å²) in [5, 5.41) is 8.15. The normalized spacial score (nSPS) is 18.9. The number of fused-ring (bicyclic) bond motifs is 1. The standard InChI is InChI=1S/C18H18N4O3S/c1-12-10-17(22(21-12)14-8-9-26(24,25)11-14)20-18(23)16-7-6-13-4-2-3-5-15(13)19-16/h2-7,10,14H,8-9,11H2,1H3,(H,20,23). The van der Waals surface area contributed by atoms with Gasteiger partial charge in [-0.05, 0) is 25.5 Å². The molecule has 0 spiro atoms. The van der Waals surface area contributed by atoms with Crippen molar-refractivity contribution in [2.45, 2.75) is 19.4 Å². The van der Waals surface area contributed by atoms with Crippen molar-refractivity contribution < 1.29 is 13.2 Å². The van der Waals surface area contributed by atoms with E-state index >= 15 is 0 Å². The molecule has 4 rings (SSSR count). The first-order chi connectivity index (χ1) is 12.4. The molecule has 1 atom stereocenters. The van der Waals surface area contributed by atoms with Gasteiger partial charge in [0.15, 0.2) is 9.84 Å². The van der Waals surface area contributed by atoms with E-state index in [0.29, 0.717) is 17.9 Å². The number of hydrogen-bond donors (Lipinski definition) is 1. The fraction of sp³-hybridized carbons (Fsp3) is 0.278. The van der Waals surface area contributed by atoms with Gasteiger partial charge in [0.25, 0.3) is 5.91 Å². The van der Waals surface area contributed by atoms with E-state index in [-0.39, 0.29) is 23.5 Å². The number of amides is 1. The lowest BCUT2D eigenvalue weighted by Crippen LogP contribution is -2.20. The summed E-state index contributed by atoms with van der Waals surface area (Å²) in [6, 6.07) is 12.6. The number of aromatic nitrogens is 3. The molecule has 0 bridgehead atoms. The summed E-state index contributed by atoms with van der Waals surface area (Å²) in [5.74, 6) is 0.337. The Hall–Kier alpha value is -2.74. The van der Waals surface area contributed by atoms with Crippen LogP contribution in [0.15, 0.2) is 42.5 Å². The van der Waals surface area contributed by atoms with Gasteiger partial charge in [0.05, 0.1) is 28.8 Å². The van der Waals surface area contributed by atoms with Crippen molar-refractivity contribution in [2.24, 2.45) is 0 Å². The number of carbonyl (C=O) groups excluding carboxylic acids is 1. The highest BCUT2D eigenvalue weighted by Gasteiger charge is 2.31. The van der Waals surface area contributed by atoms with Gasteiger partial charge in [-0.25, -0.2) is 18.1 Å². The molecule has 7 nitrogen and oxygen atoms in total. The van der Waals surface area contributed by atoms with Gasteiger partial charge in [-0.1, -0.05) is 24.3 Å². The summed E-state index contributed by atoms with van der Waals surface area (Å²) in [4.78, 5) is 17.0. The molecule has 1 aromatic carbocycles. The zero-order valence-corrected chi connectivity index (χ0v) is 15.0. The fourth-order valence-electron chi connectivity index (χ4n) is 3.23. The molecule has 3 aromatic rings. The van der Waals surface area contributed by atoms with Crippen LogP contribution >= 0.6 is 0 Å². The number of benzene rings is 1. The van der Waals surface area contributed by atoms with Crippen LogP contribution in [0.2, 0.25) is 0 Å². The van der Waals surface area contributed by atoms with Gasteiger partial charge in [-0.15, -0.1) is 0 Å². The predicted octanol–water partition coefficient (Wildman–Crippen LogP) is 2.35. The second-order valence-electron chi connectivity index (χ2n) is 6.52. The summed E-state index contributed by atoms with van der Waals surface area (Å²) >= 11 is 0. The molecule has 3 heterocycles. The van der Waals surface area contributed by atoms with Crippen LogP contribution in [0.3, 0.4) is 0 Å². The number of aryl methyl sites for hydroxylation is 1. The van der Waals surface area contributed by atoms with E-state index in [4.69, 9.17) is 0 Å². The molecule has 134 valence electrons. The largest absolute Gasteiger partial charge is 0.305 e. The molecule has 0 aliphatic carbocycles. The minimum Gasteiger partial charge on any atom is -0.305 e. The van der Waals surface area contributed by atoms with Crippen molar-refractivity contribution in [3.05, 3.63) is 53.9 Å². The maximum Gasteiger partial charge on any atom is 0.275 e. The van der Waals surface area contributed by atoms with Crippen molar-refractivity contribution in [3.63, 3.8) is 0 Å². The third kappa shape index (κ3) is 3.20. The number of hydrogen-bond acceptors (Lipinski definition) is 5. The topological polar surface area (TPSA) is 94.0 Å². The lowest BCUT2D eigenvalue weighted by Gasteiger charge is -2.13. The molecule has 1 aliphatic rings. The molecule has 1 N–H and O–H groups in total. The van der Waals surface area contributed by atoms with Crippen LogP contribution in [0, 0.1) is 6.92 Å². The average Bonchev–Trinajstić information content (AvgIpc) is 3.16. The van der Waals surface area contributed by atoms with E-state index in [1.807, 2.05) is 37.3 Å². The van der Waals surface area contributed by atoms with Crippen LogP contribution < -0.4 is 5.32 Å². The quantitative estimate of drug-likeness (QED) is 0.764. The van der Waals surface area contributed by atoms with Crippen molar-refractivity contribution in [2.75, 3.05) is 16.8 Å². The minimum absolute atomic E-state index is 0.0468. The Morgan fingerprint density at radius 1 is 1.23 bits per heavy atom. The van der Waals surface area contributed by atoms with Gasteiger partial charge in [0.1, 0.15) is 11.5 Å². The van der Waals surface area contributed by atoms with Crippen LogP contribution in [0.25, 0.3) is 10.9 Å². The molecule has 1 unspecified atom stereocenters. The zero-order chi connectivity index (χ0) is 18.3. The number of nitrogens with zero attached hydrogens (tertiary/aromatic N) is 3. The molecule has 1 amide bonds. The van der Waals surface area contributed by atoms with E-state index < -0.39 is 9.84 Å². The number of rotatable bonds is 3. The van der Waals surface area contributed by atoms with Crippen LogP contribution in [-0.2, 0) is 9.84 Å². The summed E-state index contributed by atoms with van der Waals surface area (Å²) in [5.41, 5.74) is 1.76. The smallest absolute Gasteiger partial charge is 0.275 e. The number of carbonyl (C=O) groups is 1. The second-order valence-corrected chi connectivity index (χ2v) is 8.74. The third-order valence-corrected chi connectivity index (χ3v) is 6.24. The van der Waals surface area contributed by atoms with E-state index in [1.165, 1.54) is 0 Å². The van der Waals surface area contributed by atoms with Crippen LogP contribution in [0.4, 0.5) is 5.82 Å². The van der Waals surface area contributed by atoms with Gasteiger partial charge < -0.3 is 5.32 Å². The molecule has 1 aliphatic heterocycles. The first-order valence-electron chi connectivity index (χ1n) is 8.35. The van der Waals surface area contributed by atoms with Crippen LogP contribution in [0.1, 0.15) is 28.6 Å². The highest BCUT2D eigenvalue weighted by Crippen LogP contribution is 2.27. The highest BCUT2D eigenvalue weighted by molar-refractivity contribution is 7.91. The van der Waals surface area contributed by atoms with E-state index in [2.05, 4.69) is 15.4 Å². The highest BCUT2D eigenvalue weighted by atomic mass is 32.2. The van der Waals surface area contributed by atoms with E-state index in [0.717, 1.165) is 16.6 Å². The fourth-order valence-corrected chi connectivity index (χ4v) is 4.92. The predicted molar refractivity (Wildman–Crippen MR) is 99.0 cm³/mol. The average molecular weight is 370 g/mol. The Labute approximate surface area is 151 Å². The minimum atomic E-state index is -3.04. The van der Waals surface area contributed by atoms with Crippen molar-refractivity contribution in [1.82, 2.24) is 14.8 Å². The van der Waals surface area contributed by atoms with Crippen molar-refractivity contribution in [1.29, 1.82) is 0 Å². The Morgan fingerprint density at radius 3 is 2.81 bits per heavy atom. The van der Waals surface area contributed by atoms with Gasteiger partial charge >= 0.3 is 0 Å². The number of sulfone groups is 1. The molecular weight excluding hydrogens is 352 g/mol. The summed E-state index contributed by atoms with van der Waals surface area (Å²) < 4.78 is 25.1. The molecule has 0 radical (unpaired) electrons. The van der Waals surface area contributed by atoms with Crippen molar-refractivity contribution in [3.8, 4) is 0 Å². The summed E-state index contributed by atoms with van der Waals surface area (Å²) in [6.07, 6.45) is 0.501. The Morgan fingerprint density at radius 2 is 2.04 bits per heavy atom. The second kappa shape index (κ2) is 6.21. The van der Waals surface area contributed by atoms with Gasteiger partial charge in [0.2, 0.25) is 0 Å². The molecule has 0 saturated carbocycles. The lowest BCUT2D eigenvalue weighted by atomic mass is 10.2. The van der Waals surface area contributed by atoms with Gasteiger partial charge in [-0.2, -0.15) is 5.10 Å².